The van der Waals surface area contributed by atoms with Crippen LogP contribution in [-0.4, -0.2) is 71.0 Å². The molecule has 0 unspecified atom stereocenters. The molecule has 0 aliphatic rings. The quantitative estimate of drug-likeness (QED) is 0.0382. The van der Waals surface area contributed by atoms with Crippen molar-refractivity contribution in [1.29, 1.82) is 0 Å². The summed E-state index contributed by atoms with van der Waals surface area (Å²) >= 11 is 0. The Morgan fingerprint density at radius 1 is 0.394 bits per heavy atom. The summed E-state index contributed by atoms with van der Waals surface area (Å²) in [6.45, 7) is 25.4. The Balaban J connectivity index is 0.000000705. The van der Waals surface area contributed by atoms with Gasteiger partial charge in [-0.2, -0.15) is 0 Å². The first-order valence-corrected chi connectivity index (χ1v) is 24.6. The lowest BCUT2D eigenvalue weighted by Crippen LogP contribution is -2.24. The van der Waals surface area contributed by atoms with E-state index in [0.29, 0.717) is 54.9 Å². The fourth-order valence-corrected chi connectivity index (χ4v) is 7.77. The molecule has 0 aromatic heterocycles. The van der Waals surface area contributed by atoms with Crippen molar-refractivity contribution in [2.45, 2.75) is 179 Å². The van der Waals surface area contributed by atoms with E-state index in [4.69, 9.17) is 14.2 Å². The summed E-state index contributed by atoms with van der Waals surface area (Å²) in [5, 5.41) is 29.6. The Kier molecular flexibility index (Phi) is 28.1. The summed E-state index contributed by atoms with van der Waals surface area (Å²) < 4.78 is 16.4. The number of hydrogen-bond acceptors (Lipinski definition) is 9. The van der Waals surface area contributed by atoms with Gasteiger partial charge >= 0.3 is 35.8 Å². The number of carbonyl (C=O) groups is 6. The summed E-state index contributed by atoms with van der Waals surface area (Å²) in [5.41, 5.74) is 0.648. The number of carboxylic acids is 3. The lowest BCUT2D eigenvalue weighted by atomic mass is 9.78. The van der Waals surface area contributed by atoms with E-state index in [1.165, 1.54) is 18.2 Å². The first-order valence-electron chi connectivity index (χ1n) is 24.6. The van der Waals surface area contributed by atoms with Crippen molar-refractivity contribution in [3.05, 3.63) is 68.3 Å². The van der Waals surface area contributed by atoms with Gasteiger partial charge in [0, 0.05) is 0 Å². The Labute approximate surface area is 396 Å². The predicted molar refractivity (Wildman–Crippen MR) is 260 cm³/mol. The monoisotopic (exact) mass is 925 g/mol. The number of aromatic carboxylic acids is 3. The smallest absolute Gasteiger partial charge is 0.339 e. The van der Waals surface area contributed by atoms with Crippen molar-refractivity contribution in [2.75, 3.05) is 19.8 Å². The molecule has 2 aromatic carbocycles. The lowest BCUT2D eigenvalue weighted by Gasteiger charge is -2.24. The molecule has 0 aliphatic carbocycles. The zero-order valence-electron chi connectivity index (χ0n) is 42.4. The fraction of sp³-hybridized carbons (Fsp3) is 0.667. The second-order valence-electron chi connectivity index (χ2n) is 20.2. The van der Waals surface area contributed by atoms with Crippen LogP contribution in [0.5, 0.6) is 0 Å². The van der Waals surface area contributed by atoms with Gasteiger partial charge in [0.2, 0.25) is 0 Å². The minimum Gasteiger partial charge on any atom is -0.478 e. The van der Waals surface area contributed by atoms with Crippen molar-refractivity contribution in [3.8, 4) is 0 Å². The highest BCUT2D eigenvalue weighted by atomic mass is 16.5. The van der Waals surface area contributed by atoms with Gasteiger partial charge in [0.1, 0.15) is 0 Å². The maximum atomic E-state index is 13.0. The molecule has 2 rings (SSSR count). The van der Waals surface area contributed by atoms with Gasteiger partial charge < -0.3 is 29.5 Å². The molecule has 12 nitrogen and oxygen atoms in total. The SMILES string of the molecule is CC(C)CCCCCOC(=O)c1ccc(C(=O)OCCCCCC(C)C)c(C(=O)OCCCCCC(C)C)c1.CC(C)Cc1c(CC(C)C)c(C(=O)O)c(C(=O)O)c(CC(C)C)c1C(=O)O. The molecule has 0 bridgehead atoms. The molecule has 12 heteroatoms. The highest BCUT2D eigenvalue weighted by molar-refractivity contribution is 6.08. The molecule has 2 aromatic rings. The molecule has 0 spiro atoms. The second-order valence-corrected chi connectivity index (χ2v) is 20.2. The van der Waals surface area contributed by atoms with E-state index in [9.17, 15) is 44.1 Å². The molecule has 0 atom stereocenters. The number of carbonyl (C=O) groups excluding carboxylic acids is 3. The molecular weight excluding hydrogens is 841 g/mol. The van der Waals surface area contributed by atoms with Crippen molar-refractivity contribution >= 4 is 35.8 Å². The minimum absolute atomic E-state index is 0.0225. The van der Waals surface area contributed by atoms with Gasteiger partial charge in [0.25, 0.3) is 0 Å². The Hall–Kier alpha value is -4.74. The van der Waals surface area contributed by atoms with Gasteiger partial charge in [-0.3, -0.25) is 0 Å². The van der Waals surface area contributed by atoms with E-state index in [2.05, 4.69) is 41.5 Å². The predicted octanol–water partition coefficient (Wildman–Crippen LogP) is 13.2. The highest BCUT2D eigenvalue weighted by Gasteiger charge is 2.33. The van der Waals surface area contributed by atoms with E-state index < -0.39 is 35.8 Å². The van der Waals surface area contributed by atoms with Crippen molar-refractivity contribution in [1.82, 2.24) is 0 Å². The average molecular weight is 925 g/mol. The topological polar surface area (TPSA) is 191 Å². The second kappa shape index (κ2) is 31.3. The molecule has 0 fully saturated rings. The Bertz CT molecular complexity index is 1850. The van der Waals surface area contributed by atoms with Gasteiger partial charge in [0.05, 0.1) is 53.2 Å². The van der Waals surface area contributed by atoms with Crippen LogP contribution >= 0.6 is 0 Å². The van der Waals surface area contributed by atoms with Gasteiger partial charge in [-0.05, 0) is 109 Å². The third kappa shape index (κ3) is 22.2. The van der Waals surface area contributed by atoms with Gasteiger partial charge in [0.15, 0.2) is 0 Å². The Morgan fingerprint density at radius 3 is 1.09 bits per heavy atom. The lowest BCUT2D eigenvalue weighted by molar-refractivity contribution is 0.0447. The van der Waals surface area contributed by atoms with Crippen LogP contribution in [0.4, 0.5) is 0 Å². The number of benzene rings is 2. The van der Waals surface area contributed by atoms with Crippen LogP contribution in [0.3, 0.4) is 0 Å². The van der Waals surface area contributed by atoms with Gasteiger partial charge in [-0.1, -0.05) is 141 Å². The number of esters is 3. The fourth-order valence-electron chi connectivity index (χ4n) is 7.77. The molecule has 372 valence electrons. The first kappa shape index (κ1) is 59.3. The van der Waals surface area contributed by atoms with Crippen molar-refractivity contribution in [3.63, 3.8) is 0 Å². The zero-order valence-corrected chi connectivity index (χ0v) is 42.4. The normalized spacial score (nSPS) is 11.4. The zero-order chi connectivity index (χ0) is 50.1. The van der Waals surface area contributed by atoms with E-state index >= 15 is 0 Å². The molecule has 0 aliphatic heterocycles. The van der Waals surface area contributed by atoms with E-state index in [1.807, 2.05) is 41.5 Å². The third-order valence-corrected chi connectivity index (χ3v) is 11.0. The number of carboxylic acid groups (broad SMARTS) is 3. The van der Waals surface area contributed by atoms with E-state index in [1.54, 1.807) is 0 Å². The third-order valence-electron chi connectivity index (χ3n) is 11.0. The molecule has 0 heterocycles. The summed E-state index contributed by atoms with van der Waals surface area (Å²) in [4.78, 5) is 74.7. The van der Waals surface area contributed by atoms with Crippen molar-refractivity contribution in [2.24, 2.45) is 35.5 Å². The van der Waals surface area contributed by atoms with Gasteiger partial charge in [-0.25, -0.2) is 28.8 Å². The van der Waals surface area contributed by atoms with Gasteiger partial charge in [-0.15, -0.1) is 0 Å². The average Bonchev–Trinajstić information content (AvgIpc) is 3.20. The molecule has 0 amide bonds. The van der Waals surface area contributed by atoms with Crippen LogP contribution in [0.25, 0.3) is 0 Å². The van der Waals surface area contributed by atoms with E-state index in [-0.39, 0.29) is 69.7 Å². The number of ether oxygens (including phenoxy) is 3. The summed E-state index contributed by atoms with van der Waals surface area (Å²) in [5.74, 6) is -3.53. The maximum Gasteiger partial charge on any atom is 0.339 e. The van der Waals surface area contributed by atoms with Crippen molar-refractivity contribution < 1.29 is 58.3 Å². The number of hydrogen-bond donors (Lipinski definition) is 3. The molecule has 0 saturated heterocycles. The highest BCUT2D eigenvalue weighted by Crippen LogP contribution is 2.34. The molecule has 0 radical (unpaired) electrons. The van der Waals surface area contributed by atoms with E-state index in [0.717, 1.165) is 77.0 Å². The van der Waals surface area contributed by atoms with Crippen LogP contribution < -0.4 is 0 Å². The first-order chi connectivity index (χ1) is 31.0. The number of rotatable bonds is 30. The van der Waals surface area contributed by atoms with Crippen LogP contribution in [0, 0.1) is 35.5 Å². The maximum absolute atomic E-state index is 13.0. The van der Waals surface area contributed by atoms with Crippen LogP contribution in [-0.2, 0) is 33.5 Å². The summed E-state index contributed by atoms with van der Waals surface area (Å²) in [7, 11) is 0. The van der Waals surface area contributed by atoms with Crippen LogP contribution in [0.2, 0.25) is 0 Å². The van der Waals surface area contributed by atoms with Crippen LogP contribution in [0.15, 0.2) is 18.2 Å². The molecule has 66 heavy (non-hydrogen) atoms. The molecular formula is C54H84O12. The molecule has 3 N–H and O–H groups in total. The summed E-state index contributed by atoms with van der Waals surface area (Å²) in [6, 6.07) is 4.39. The largest absolute Gasteiger partial charge is 0.478 e. The number of unbranched alkanes of at least 4 members (excludes halogenated alkanes) is 6. The molecule has 0 saturated carbocycles. The standard InChI is InChI=1S/C33H54O6.C21H30O6/c1-25(2)16-10-7-13-21-37-31(34)28-19-20-29(32(35)38-22-14-8-11-17-26(3)4)30(24-28)33(36)39-23-15-9-12-18-27(5)6;1-10(2)7-13-14(8-11(3)4)17(20(24)25)18(21(26)27)15(9-12(5)6)16(13)19(22)23/h19-20,24-27H,7-18,21-23H2,1-6H3;10-12H,7-9H2,1-6H3,(H,22,23)(H,24,25)(H,26,27). The van der Waals surface area contributed by atoms with Crippen LogP contribution in [0.1, 0.15) is 239 Å². The Morgan fingerprint density at radius 2 is 0.727 bits per heavy atom. The minimum atomic E-state index is -1.40. The summed E-state index contributed by atoms with van der Waals surface area (Å²) in [6.07, 6.45) is 12.9.